The predicted octanol–water partition coefficient (Wildman–Crippen LogP) is 3.44. The molecule has 0 fully saturated rings. The van der Waals surface area contributed by atoms with E-state index in [1.54, 1.807) is 24.7 Å². The van der Waals surface area contributed by atoms with E-state index in [-0.39, 0.29) is 5.92 Å². The average molecular weight is 325 g/mol. The van der Waals surface area contributed by atoms with Gasteiger partial charge < -0.3 is 10.0 Å². The highest BCUT2D eigenvalue weighted by atomic mass is 19.4. The lowest BCUT2D eigenvalue weighted by Crippen LogP contribution is -2.45. The van der Waals surface area contributed by atoms with Gasteiger partial charge in [-0.25, -0.2) is 4.68 Å². The standard InChI is InChI=1S/C16H18F3N3O/c1-15(2,23)12-9-21(14-7-8-20-22(14)10-12)13-5-3-11(4-6-13)16(17,18)19/h3-8,12,23H,9-10H2,1-2H3. The summed E-state index contributed by atoms with van der Waals surface area (Å²) in [4.78, 5) is 1.89. The molecule has 1 atom stereocenters. The summed E-state index contributed by atoms with van der Waals surface area (Å²) >= 11 is 0. The fraction of sp³-hybridized carbons (Fsp3) is 0.438. The van der Waals surface area contributed by atoms with Gasteiger partial charge in [0.1, 0.15) is 5.82 Å². The van der Waals surface area contributed by atoms with E-state index in [0.29, 0.717) is 18.8 Å². The molecule has 4 nitrogen and oxygen atoms in total. The third-order valence-corrected chi connectivity index (χ3v) is 4.27. The number of benzene rings is 1. The minimum absolute atomic E-state index is 0.0859. The quantitative estimate of drug-likeness (QED) is 0.919. The first-order valence-electron chi connectivity index (χ1n) is 7.35. The summed E-state index contributed by atoms with van der Waals surface area (Å²) in [7, 11) is 0. The Morgan fingerprint density at radius 2 is 1.74 bits per heavy atom. The summed E-state index contributed by atoms with van der Waals surface area (Å²) in [6.07, 6.45) is -2.70. The van der Waals surface area contributed by atoms with Gasteiger partial charge in [-0.1, -0.05) is 0 Å². The SMILES string of the molecule is CC(C)(O)C1CN(c2ccc(C(F)(F)F)cc2)c2ccnn2C1. The van der Waals surface area contributed by atoms with Crippen molar-refractivity contribution in [3.63, 3.8) is 0 Å². The molecule has 2 heterocycles. The number of anilines is 2. The second kappa shape index (κ2) is 5.26. The van der Waals surface area contributed by atoms with Crippen LogP contribution in [0.2, 0.25) is 0 Å². The van der Waals surface area contributed by atoms with E-state index >= 15 is 0 Å². The van der Waals surface area contributed by atoms with E-state index in [2.05, 4.69) is 5.10 Å². The highest BCUT2D eigenvalue weighted by Gasteiger charge is 2.35. The lowest BCUT2D eigenvalue weighted by molar-refractivity contribution is -0.137. The molecule has 1 aromatic carbocycles. The maximum absolute atomic E-state index is 12.7. The van der Waals surface area contributed by atoms with Crippen LogP contribution in [0.15, 0.2) is 36.5 Å². The summed E-state index contributed by atoms with van der Waals surface area (Å²) in [5.41, 5.74) is -0.937. The number of fused-ring (bicyclic) bond motifs is 1. The maximum Gasteiger partial charge on any atom is 0.416 e. The Morgan fingerprint density at radius 3 is 2.30 bits per heavy atom. The highest BCUT2D eigenvalue weighted by molar-refractivity contribution is 5.61. The minimum atomic E-state index is -4.35. The Hall–Kier alpha value is -2.02. The molecule has 1 N–H and O–H groups in total. The molecule has 1 aromatic heterocycles. The molecule has 23 heavy (non-hydrogen) atoms. The lowest BCUT2D eigenvalue weighted by atomic mass is 9.89. The van der Waals surface area contributed by atoms with Gasteiger partial charge in [0.25, 0.3) is 0 Å². The molecule has 1 aliphatic rings. The van der Waals surface area contributed by atoms with Gasteiger partial charge in [-0.2, -0.15) is 18.3 Å². The molecule has 7 heteroatoms. The Balaban J connectivity index is 1.95. The molecule has 124 valence electrons. The topological polar surface area (TPSA) is 41.3 Å². The zero-order chi connectivity index (χ0) is 16.8. The van der Waals surface area contributed by atoms with Crippen molar-refractivity contribution in [3.8, 4) is 0 Å². The maximum atomic E-state index is 12.7. The van der Waals surface area contributed by atoms with Crippen molar-refractivity contribution in [2.24, 2.45) is 5.92 Å². The van der Waals surface area contributed by atoms with Crippen molar-refractivity contribution in [1.29, 1.82) is 0 Å². The second-order valence-corrected chi connectivity index (χ2v) is 6.38. The molecule has 2 aromatic rings. The van der Waals surface area contributed by atoms with Crippen LogP contribution >= 0.6 is 0 Å². The molecule has 1 aliphatic heterocycles. The van der Waals surface area contributed by atoms with Crippen LogP contribution in [0.5, 0.6) is 0 Å². The molecule has 0 amide bonds. The number of nitrogens with zero attached hydrogens (tertiary/aromatic N) is 3. The van der Waals surface area contributed by atoms with Gasteiger partial charge in [-0.05, 0) is 38.1 Å². The molecule has 0 aliphatic carbocycles. The number of hydrogen-bond acceptors (Lipinski definition) is 3. The van der Waals surface area contributed by atoms with Crippen LogP contribution in [0.25, 0.3) is 0 Å². The van der Waals surface area contributed by atoms with E-state index in [9.17, 15) is 18.3 Å². The Kier molecular flexibility index (Phi) is 3.63. The number of halogens is 3. The van der Waals surface area contributed by atoms with Crippen molar-refractivity contribution < 1.29 is 18.3 Å². The van der Waals surface area contributed by atoms with Crippen LogP contribution in [0.3, 0.4) is 0 Å². The van der Waals surface area contributed by atoms with Crippen LogP contribution in [-0.4, -0.2) is 27.0 Å². The first kappa shape index (κ1) is 15.9. The van der Waals surface area contributed by atoms with Gasteiger partial charge in [0.05, 0.1) is 23.9 Å². The summed E-state index contributed by atoms with van der Waals surface area (Å²) < 4.78 is 39.9. The average Bonchev–Trinajstić information content (AvgIpc) is 2.93. The van der Waals surface area contributed by atoms with E-state index in [1.807, 2.05) is 11.0 Å². The zero-order valence-corrected chi connectivity index (χ0v) is 12.9. The number of aliphatic hydroxyl groups is 1. The lowest BCUT2D eigenvalue weighted by Gasteiger charge is -2.39. The Bertz CT molecular complexity index is 686. The molecular formula is C16H18F3N3O. The molecule has 0 radical (unpaired) electrons. The Morgan fingerprint density at radius 1 is 1.09 bits per heavy atom. The van der Waals surface area contributed by atoms with Crippen molar-refractivity contribution in [3.05, 3.63) is 42.1 Å². The minimum Gasteiger partial charge on any atom is -0.390 e. The van der Waals surface area contributed by atoms with E-state index in [1.165, 1.54) is 12.1 Å². The zero-order valence-electron chi connectivity index (χ0n) is 12.9. The molecule has 0 spiro atoms. The van der Waals surface area contributed by atoms with Crippen LogP contribution in [0.1, 0.15) is 19.4 Å². The van der Waals surface area contributed by atoms with E-state index in [4.69, 9.17) is 0 Å². The number of rotatable bonds is 2. The van der Waals surface area contributed by atoms with Gasteiger partial charge in [0.2, 0.25) is 0 Å². The predicted molar refractivity (Wildman–Crippen MR) is 80.5 cm³/mol. The number of aromatic nitrogens is 2. The first-order chi connectivity index (χ1) is 10.7. The summed E-state index contributed by atoms with van der Waals surface area (Å²) in [5, 5.41) is 14.5. The molecule has 0 saturated heterocycles. The molecular weight excluding hydrogens is 307 g/mol. The van der Waals surface area contributed by atoms with Gasteiger partial charge in [0, 0.05) is 24.2 Å². The van der Waals surface area contributed by atoms with Crippen LogP contribution in [0, 0.1) is 5.92 Å². The molecule has 0 bridgehead atoms. The highest BCUT2D eigenvalue weighted by Crippen LogP contribution is 2.36. The van der Waals surface area contributed by atoms with Crippen molar-refractivity contribution >= 4 is 11.5 Å². The molecule has 1 unspecified atom stereocenters. The summed E-state index contributed by atoms with van der Waals surface area (Å²) in [6.45, 7) is 4.55. The van der Waals surface area contributed by atoms with E-state index in [0.717, 1.165) is 18.0 Å². The fourth-order valence-electron chi connectivity index (χ4n) is 2.79. The largest absolute Gasteiger partial charge is 0.416 e. The van der Waals surface area contributed by atoms with Crippen molar-refractivity contribution in [1.82, 2.24) is 9.78 Å². The van der Waals surface area contributed by atoms with Gasteiger partial charge in [-0.15, -0.1) is 0 Å². The van der Waals surface area contributed by atoms with Crippen LogP contribution < -0.4 is 4.90 Å². The normalized spacial score (nSPS) is 18.9. The smallest absolute Gasteiger partial charge is 0.390 e. The van der Waals surface area contributed by atoms with Crippen LogP contribution in [-0.2, 0) is 12.7 Å². The third-order valence-electron chi connectivity index (χ3n) is 4.27. The van der Waals surface area contributed by atoms with Crippen molar-refractivity contribution in [2.75, 3.05) is 11.4 Å². The third kappa shape index (κ3) is 3.06. The monoisotopic (exact) mass is 325 g/mol. The number of hydrogen-bond donors (Lipinski definition) is 1. The summed E-state index contributed by atoms with van der Waals surface area (Å²) in [5.74, 6) is 0.724. The van der Waals surface area contributed by atoms with Gasteiger partial charge in [-0.3, -0.25) is 0 Å². The van der Waals surface area contributed by atoms with Crippen molar-refractivity contribution in [2.45, 2.75) is 32.2 Å². The number of alkyl halides is 3. The van der Waals surface area contributed by atoms with Gasteiger partial charge >= 0.3 is 6.18 Å². The first-order valence-corrected chi connectivity index (χ1v) is 7.35. The van der Waals surface area contributed by atoms with Gasteiger partial charge in [0.15, 0.2) is 0 Å². The molecule has 3 rings (SSSR count). The van der Waals surface area contributed by atoms with Crippen LogP contribution in [0.4, 0.5) is 24.7 Å². The molecule has 0 saturated carbocycles. The fourth-order valence-corrected chi connectivity index (χ4v) is 2.79. The second-order valence-electron chi connectivity index (χ2n) is 6.38. The summed E-state index contributed by atoms with van der Waals surface area (Å²) in [6, 6.07) is 6.87. The Labute approximate surface area is 132 Å². The van der Waals surface area contributed by atoms with E-state index < -0.39 is 17.3 Å².